The number of alkyl halides is 3. The third-order valence-corrected chi connectivity index (χ3v) is 3.28. The Morgan fingerprint density at radius 1 is 1.38 bits per heavy atom. The number of aliphatic hydroxyl groups is 1. The van der Waals surface area contributed by atoms with Crippen molar-refractivity contribution in [3.63, 3.8) is 0 Å². The van der Waals surface area contributed by atoms with Gasteiger partial charge >= 0.3 is 12.1 Å². The highest BCUT2D eigenvalue weighted by Gasteiger charge is 2.31. The summed E-state index contributed by atoms with van der Waals surface area (Å²) < 4.78 is 44.2. The summed E-state index contributed by atoms with van der Waals surface area (Å²) in [5.41, 5.74) is -0.258. The molecule has 0 spiro atoms. The highest BCUT2D eigenvalue weighted by Crippen LogP contribution is 2.33. The molecule has 1 aromatic carbocycles. The second kappa shape index (κ2) is 5.40. The molecule has 0 aliphatic heterocycles. The second-order valence-electron chi connectivity index (χ2n) is 4.51. The van der Waals surface area contributed by atoms with Crippen LogP contribution in [0.5, 0.6) is 0 Å². The zero-order chi connectivity index (χ0) is 15.8. The lowest BCUT2D eigenvalue weighted by Crippen LogP contribution is -2.17. The zero-order valence-electron chi connectivity index (χ0n) is 11.4. The van der Waals surface area contributed by atoms with Crippen LogP contribution in [0.1, 0.15) is 24.3 Å². The predicted octanol–water partition coefficient (Wildman–Crippen LogP) is 2.89. The molecule has 1 heterocycles. The van der Waals surface area contributed by atoms with E-state index in [4.69, 9.17) is 0 Å². The van der Waals surface area contributed by atoms with Gasteiger partial charge in [-0.25, -0.2) is 4.79 Å². The second-order valence-corrected chi connectivity index (χ2v) is 4.51. The van der Waals surface area contributed by atoms with Crippen molar-refractivity contribution >= 4 is 16.9 Å². The van der Waals surface area contributed by atoms with E-state index in [1.54, 1.807) is 6.92 Å². The van der Waals surface area contributed by atoms with Crippen molar-refractivity contribution in [1.29, 1.82) is 0 Å². The SMILES string of the molecule is CCn1c(C(O)C(=O)OC)cc2ccc(C(F)(F)F)cc21. The summed E-state index contributed by atoms with van der Waals surface area (Å²) in [6.07, 6.45) is -5.98. The first-order valence-corrected chi connectivity index (χ1v) is 6.25. The molecule has 114 valence electrons. The summed E-state index contributed by atoms with van der Waals surface area (Å²) in [6.45, 7) is 2.03. The summed E-state index contributed by atoms with van der Waals surface area (Å²) in [5.74, 6) is -0.858. The molecule has 1 N–H and O–H groups in total. The number of esters is 1. The van der Waals surface area contributed by atoms with Gasteiger partial charge in [0.05, 0.1) is 18.4 Å². The molecule has 1 aromatic heterocycles. The first kappa shape index (κ1) is 15.4. The number of rotatable bonds is 3. The molecule has 0 bridgehead atoms. The summed E-state index contributed by atoms with van der Waals surface area (Å²) in [5, 5.41) is 10.4. The maximum Gasteiger partial charge on any atom is 0.416 e. The predicted molar refractivity (Wildman–Crippen MR) is 69.6 cm³/mol. The van der Waals surface area contributed by atoms with Crippen LogP contribution in [-0.4, -0.2) is 22.8 Å². The number of fused-ring (bicyclic) bond motifs is 1. The van der Waals surface area contributed by atoms with Gasteiger partial charge in [-0.05, 0) is 25.1 Å². The Balaban J connectivity index is 2.62. The van der Waals surface area contributed by atoms with Gasteiger partial charge in [0, 0.05) is 17.4 Å². The Bertz CT molecular complexity index is 676. The molecule has 0 radical (unpaired) electrons. The van der Waals surface area contributed by atoms with E-state index in [0.717, 1.165) is 19.2 Å². The number of hydrogen-bond acceptors (Lipinski definition) is 3. The normalized spacial score (nSPS) is 13.4. The molecule has 0 aliphatic carbocycles. The third-order valence-electron chi connectivity index (χ3n) is 3.28. The van der Waals surface area contributed by atoms with Crippen LogP contribution in [0.2, 0.25) is 0 Å². The van der Waals surface area contributed by atoms with E-state index in [0.29, 0.717) is 17.4 Å². The third kappa shape index (κ3) is 2.73. The van der Waals surface area contributed by atoms with Crippen molar-refractivity contribution in [1.82, 2.24) is 4.57 Å². The van der Waals surface area contributed by atoms with Crippen molar-refractivity contribution in [3.05, 3.63) is 35.5 Å². The lowest BCUT2D eigenvalue weighted by Gasteiger charge is -2.13. The highest BCUT2D eigenvalue weighted by atomic mass is 19.4. The Hall–Kier alpha value is -2.02. The van der Waals surface area contributed by atoms with Crippen LogP contribution >= 0.6 is 0 Å². The zero-order valence-corrected chi connectivity index (χ0v) is 11.4. The molecule has 4 nitrogen and oxygen atoms in total. The van der Waals surface area contributed by atoms with Crippen molar-refractivity contribution < 1.29 is 27.8 Å². The number of aromatic nitrogens is 1. The smallest absolute Gasteiger partial charge is 0.416 e. The van der Waals surface area contributed by atoms with Crippen molar-refractivity contribution in [2.75, 3.05) is 7.11 Å². The quantitative estimate of drug-likeness (QED) is 0.887. The van der Waals surface area contributed by atoms with E-state index >= 15 is 0 Å². The monoisotopic (exact) mass is 301 g/mol. The molecular formula is C14H14F3NO3. The molecule has 7 heteroatoms. The average Bonchev–Trinajstić information content (AvgIpc) is 2.81. The van der Waals surface area contributed by atoms with Gasteiger partial charge in [0.1, 0.15) is 0 Å². The largest absolute Gasteiger partial charge is 0.467 e. The van der Waals surface area contributed by atoms with Crippen LogP contribution in [-0.2, 0) is 22.3 Å². The maximum absolute atomic E-state index is 12.8. The number of aliphatic hydroxyl groups excluding tert-OH is 1. The van der Waals surface area contributed by atoms with Gasteiger partial charge in [0.2, 0.25) is 0 Å². The summed E-state index contributed by atoms with van der Waals surface area (Å²) >= 11 is 0. The maximum atomic E-state index is 12.8. The molecule has 21 heavy (non-hydrogen) atoms. The fraction of sp³-hybridized carbons (Fsp3) is 0.357. The first-order chi connectivity index (χ1) is 9.79. The molecule has 1 atom stereocenters. The van der Waals surface area contributed by atoms with Crippen LogP contribution in [0.25, 0.3) is 10.9 Å². The number of carbonyl (C=O) groups is 1. The lowest BCUT2D eigenvalue weighted by atomic mass is 10.1. The van der Waals surface area contributed by atoms with Gasteiger partial charge in [-0.15, -0.1) is 0 Å². The number of carbonyl (C=O) groups excluding carboxylic acids is 1. The van der Waals surface area contributed by atoms with Gasteiger partial charge in [-0.1, -0.05) is 6.07 Å². The van der Waals surface area contributed by atoms with Gasteiger partial charge < -0.3 is 14.4 Å². The van der Waals surface area contributed by atoms with E-state index in [2.05, 4.69) is 4.74 Å². The first-order valence-electron chi connectivity index (χ1n) is 6.25. The minimum atomic E-state index is -4.45. The molecule has 0 aliphatic rings. The Morgan fingerprint density at radius 3 is 2.57 bits per heavy atom. The fourth-order valence-corrected chi connectivity index (χ4v) is 2.26. The molecule has 1 unspecified atom stereocenters. The Kier molecular flexibility index (Phi) is 3.95. The highest BCUT2D eigenvalue weighted by molar-refractivity contribution is 5.85. The number of methoxy groups -OCH3 is 1. The van der Waals surface area contributed by atoms with E-state index in [1.807, 2.05) is 0 Å². The average molecular weight is 301 g/mol. The minimum absolute atomic E-state index is 0.207. The van der Waals surface area contributed by atoms with Crippen molar-refractivity contribution in [2.45, 2.75) is 25.7 Å². The molecule has 0 amide bonds. The van der Waals surface area contributed by atoms with Crippen LogP contribution in [0.4, 0.5) is 13.2 Å². The number of halogens is 3. The number of hydrogen-bond donors (Lipinski definition) is 1. The summed E-state index contributed by atoms with van der Waals surface area (Å²) in [4.78, 5) is 11.4. The Morgan fingerprint density at radius 2 is 2.05 bits per heavy atom. The Labute approximate surface area is 118 Å². The van der Waals surface area contributed by atoms with Crippen LogP contribution < -0.4 is 0 Å². The number of ether oxygens (including phenoxy) is 1. The van der Waals surface area contributed by atoms with E-state index in [-0.39, 0.29) is 5.69 Å². The van der Waals surface area contributed by atoms with Gasteiger partial charge in [0.25, 0.3) is 0 Å². The summed E-state index contributed by atoms with van der Waals surface area (Å²) in [6, 6.07) is 4.78. The van der Waals surface area contributed by atoms with E-state index in [9.17, 15) is 23.1 Å². The number of aryl methyl sites for hydroxylation is 1. The van der Waals surface area contributed by atoms with Crippen LogP contribution in [0.15, 0.2) is 24.3 Å². The lowest BCUT2D eigenvalue weighted by molar-refractivity contribution is -0.151. The molecule has 2 aromatic rings. The molecule has 0 saturated carbocycles. The van der Waals surface area contributed by atoms with Crippen molar-refractivity contribution in [2.24, 2.45) is 0 Å². The fourth-order valence-electron chi connectivity index (χ4n) is 2.26. The minimum Gasteiger partial charge on any atom is -0.467 e. The molecule has 2 rings (SSSR count). The number of benzene rings is 1. The van der Waals surface area contributed by atoms with E-state index in [1.165, 1.54) is 16.7 Å². The van der Waals surface area contributed by atoms with E-state index < -0.39 is 23.8 Å². The number of nitrogens with zero attached hydrogens (tertiary/aromatic N) is 1. The molecule has 0 saturated heterocycles. The summed E-state index contributed by atoms with van der Waals surface area (Å²) in [7, 11) is 1.13. The molecule has 0 fully saturated rings. The topological polar surface area (TPSA) is 51.5 Å². The van der Waals surface area contributed by atoms with Crippen LogP contribution in [0.3, 0.4) is 0 Å². The van der Waals surface area contributed by atoms with Crippen molar-refractivity contribution in [3.8, 4) is 0 Å². The van der Waals surface area contributed by atoms with Gasteiger partial charge in [-0.2, -0.15) is 13.2 Å². The standard InChI is InChI=1S/C14H14F3NO3/c1-3-18-10-7-9(14(15,16)17)5-4-8(10)6-11(18)12(19)13(20)21-2/h4-7,12,19H,3H2,1-2H3. The van der Waals surface area contributed by atoms with Crippen LogP contribution in [0, 0.1) is 0 Å². The molecular weight excluding hydrogens is 287 g/mol. The van der Waals surface area contributed by atoms with Gasteiger partial charge in [0.15, 0.2) is 6.10 Å². The van der Waals surface area contributed by atoms with Gasteiger partial charge in [-0.3, -0.25) is 0 Å².